The van der Waals surface area contributed by atoms with Crippen LogP contribution in [0, 0.1) is 13.8 Å². The molecule has 2 aliphatic rings. The van der Waals surface area contributed by atoms with Gasteiger partial charge in [0, 0.05) is 44.2 Å². The third kappa shape index (κ3) is 6.11. The molecular weight excluding hydrogens is 420 g/mol. The van der Waals surface area contributed by atoms with E-state index in [1.54, 1.807) is 11.8 Å². The Morgan fingerprint density at radius 2 is 1.52 bits per heavy atom. The van der Waals surface area contributed by atoms with Gasteiger partial charge in [0.05, 0.1) is 24.5 Å². The van der Waals surface area contributed by atoms with E-state index < -0.39 is 0 Å². The van der Waals surface area contributed by atoms with Gasteiger partial charge >= 0.3 is 0 Å². The molecule has 180 valence electrons. The molecule has 2 aromatic heterocycles. The number of carbonyl (C=O) groups is 1. The lowest BCUT2D eigenvalue weighted by molar-refractivity contribution is -0.124. The van der Waals surface area contributed by atoms with Crippen molar-refractivity contribution >= 4 is 29.5 Å². The van der Waals surface area contributed by atoms with Crippen LogP contribution in [0.4, 0.5) is 11.6 Å². The van der Waals surface area contributed by atoms with Crippen LogP contribution in [-0.2, 0) is 4.79 Å². The van der Waals surface area contributed by atoms with E-state index in [4.69, 9.17) is 0 Å². The molecule has 0 bridgehead atoms. The number of hydrogen-bond donors (Lipinski definition) is 3. The summed E-state index contributed by atoms with van der Waals surface area (Å²) in [4.78, 5) is 21.7. The van der Waals surface area contributed by atoms with Gasteiger partial charge in [-0.15, -0.1) is 0 Å². The first kappa shape index (κ1) is 24.3. The van der Waals surface area contributed by atoms with Gasteiger partial charge < -0.3 is 16.0 Å². The molecule has 3 N–H and O–H groups in total. The summed E-state index contributed by atoms with van der Waals surface area (Å²) in [5.41, 5.74) is 1.96. The topological polar surface area (TPSA) is 117 Å². The maximum Gasteiger partial charge on any atom is 0.226 e. The van der Waals surface area contributed by atoms with E-state index >= 15 is 0 Å². The molecule has 0 saturated carbocycles. The molecule has 2 aromatic rings. The fourth-order valence-corrected chi connectivity index (χ4v) is 3.59. The van der Waals surface area contributed by atoms with Gasteiger partial charge in [-0.25, -0.2) is 9.36 Å². The molecule has 0 unspecified atom stereocenters. The lowest BCUT2D eigenvalue weighted by atomic mass is 10.4. The number of aryl methyl sites for hydroxylation is 2. The van der Waals surface area contributed by atoms with Crippen molar-refractivity contribution in [2.24, 2.45) is 9.98 Å². The Kier molecular flexibility index (Phi) is 7.72. The minimum Gasteiger partial charge on any atom is -0.354 e. The predicted octanol–water partition coefficient (Wildman–Crippen LogP) is 2.55. The third-order valence-corrected chi connectivity index (χ3v) is 5.08. The average molecular weight is 457 g/mol. The quantitative estimate of drug-likeness (QED) is 0.651. The number of guanidine groups is 2. The Morgan fingerprint density at radius 3 is 2.00 bits per heavy atom. The Morgan fingerprint density at radius 1 is 0.939 bits per heavy atom. The van der Waals surface area contributed by atoms with E-state index in [1.807, 2.05) is 35.3 Å². The van der Waals surface area contributed by atoms with Crippen LogP contribution in [0.2, 0.25) is 0 Å². The number of aliphatic imine (C=N–C) groups is 2. The number of amides is 1. The number of aromatic nitrogens is 4. The second-order valence-corrected chi connectivity index (χ2v) is 8.70. The molecular formula is C22H36N10O. The molecule has 11 heteroatoms. The second kappa shape index (κ2) is 10.5. The van der Waals surface area contributed by atoms with Gasteiger partial charge in [0.2, 0.25) is 11.9 Å². The number of carbonyl (C=O) groups excluding carboxylic acids is 1. The highest BCUT2D eigenvalue weighted by atomic mass is 16.2. The Labute approximate surface area is 195 Å². The molecule has 2 aliphatic heterocycles. The van der Waals surface area contributed by atoms with Crippen molar-refractivity contribution in [3.05, 3.63) is 23.5 Å². The number of nitrogens with zero attached hydrogens (tertiary/aromatic N) is 7. The molecule has 11 nitrogen and oxygen atoms in total. The van der Waals surface area contributed by atoms with Gasteiger partial charge in [-0.05, 0) is 41.5 Å². The predicted molar refractivity (Wildman–Crippen MR) is 132 cm³/mol. The molecule has 4 rings (SSSR count). The van der Waals surface area contributed by atoms with Crippen molar-refractivity contribution in [3.8, 4) is 0 Å². The van der Waals surface area contributed by atoms with Crippen molar-refractivity contribution in [2.75, 3.05) is 36.8 Å². The molecule has 0 radical (unpaired) electrons. The van der Waals surface area contributed by atoms with E-state index in [1.165, 1.54) is 0 Å². The van der Waals surface area contributed by atoms with Gasteiger partial charge in [0.1, 0.15) is 11.6 Å². The fraction of sp³-hybridized carbons (Fsp3) is 0.591. The Hall–Kier alpha value is -3.37. The lowest BCUT2D eigenvalue weighted by Crippen LogP contribution is -2.37. The first-order valence-corrected chi connectivity index (χ1v) is 11.4. The number of anilines is 2. The SMILES string of the molecule is CC(=O)N1CCN=C1Nc1cc(C)nn1C(C)C.Cc1cc(NC2=NCCN2)n(C(C)C)n1. The first-order chi connectivity index (χ1) is 15.7. The number of rotatable bonds is 4. The molecule has 33 heavy (non-hydrogen) atoms. The molecule has 0 aliphatic carbocycles. The minimum absolute atomic E-state index is 0.00563. The summed E-state index contributed by atoms with van der Waals surface area (Å²) in [5.74, 6) is 3.33. The molecule has 1 amide bonds. The van der Waals surface area contributed by atoms with Crippen LogP contribution in [0.5, 0.6) is 0 Å². The Bertz CT molecular complexity index is 1030. The number of hydrogen-bond acceptors (Lipinski definition) is 8. The zero-order valence-corrected chi connectivity index (χ0v) is 20.7. The van der Waals surface area contributed by atoms with E-state index in [0.717, 1.165) is 42.1 Å². The van der Waals surface area contributed by atoms with Crippen molar-refractivity contribution in [1.82, 2.24) is 29.8 Å². The second-order valence-electron chi connectivity index (χ2n) is 8.70. The summed E-state index contributed by atoms with van der Waals surface area (Å²) in [5, 5.41) is 18.5. The van der Waals surface area contributed by atoms with Crippen LogP contribution < -0.4 is 16.0 Å². The Balaban J connectivity index is 0.000000189. The highest BCUT2D eigenvalue weighted by Crippen LogP contribution is 2.18. The largest absolute Gasteiger partial charge is 0.354 e. The van der Waals surface area contributed by atoms with Crippen LogP contribution in [0.15, 0.2) is 22.1 Å². The molecule has 4 heterocycles. The molecule has 0 saturated heterocycles. The molecule has 0 aromatic carbocycles. The number of nitrogens with one attached hydrogen (secondary N) is 3. The average Bonchev–Trinajstić information content (AvgIpc) is 3.51. The monoisotopic (exact) mass is 456 g/mol. The van der Waals surface area contributed by atoms with E-state index in [-0.39, 0.29) is 11.9 Å². The summed E-state index contributed by atoms with van der Waals surface area (Å²) in [7, 11) is 0. The van der Waals surface area contributed by atoms with Crippen molar-refractivity contribution in [1.29, 1.82) is 0 Å². The molecule has 0 spiro atoms. The summed E-state index contributed by atoms with van der Waals surface area (Å²) >= 11 is 0. The van der Waals surface area contributed by atoms with E-state index in [9.17, 15) is 4.79 Å². The summed E-state index contributed by atoms with van der Waals surface area (Å²) < 4.78 is 3.87. The standard InChI is InChI=1S/C12H19N5O.C10H17N5/c1-8(2)17-11(7-9(3)15-17)14-12-13-5-6-16(12)10(4)18;1-7(2)15-9(6-8(3)14-15)13-10-11-4-5-12-10/h7-8H,5-6H2,1-4H3,(H,13,14);6-7H,4-5H2,1-3H3,(H2,11,12,13). The van der Waals surface area contributed by atoms with E-state index in [2.05, 4.69) is 63.8 Å². The van der Waals surface area contributed by atoms with Crippen molar-refractivity contribution < 1.29 is 4.79 Å². The third-order valence-electron chi connectivity index (χ3n) is 5.08. The van der Waals surface area contributed by atoms with Crippen LogP contribution in [0.25, 0.3) is 0 Å². The molecule has 0 fully saturated rings. The van der Waals surface area contributed by atoms with Crippen LogP contribution in [0.1, 0.15) is 58.1 Å². The summed E-state index contributed by atoms with van der Waals surface area (Å²) in [6, 6.07) is 4.60. The van der Waals surface area contributed by atoms with E-state index in [0.29, 0.717) is 25.1 Å². The van der Waals surface area contributed by atoms with Crippen molar-refractivity contribution in [3.63, 3.8) is 0 Å². The fourth-order valence-electron chi connectivity index (χ4n) is 3.59. The summed E-state index contributed by atoms with van der Waals surface area (Å²) in [6.45, 7) is 16.9. The maximum absolute atomic E-state index is 11.5. The van der Waals surface area contributed by atoms with Gasteiger partial charge in [-0.2, -0.15) is 10.2 Å². The lowest BCUT2D eigenvalue weighted by Gasteiger charge is -2.18. The summed E-state index contributed by atoms with van der Waals surface area (Å²) in [6.07, 6.45) is 0. The maximum atomic E-state index is 11.5. The molecule has 0 atom stereocenters. The van der Waals surface area contributed by atoms with Crippen LogP contribution in [0.3, 0.4) is 0 Å². The highest BCUT2D eigenvalue weighted by molar-refractivity contribution is 6.04. The van der Waals surface area contributed by atoms with Gasteiger partial charge in [-0.1, -0.05) is 0 Å². The van der Waals surface area contributed by atoms with Gasteiger partial charge in [0.15, 0.2) is 5.96 Å². The highest BCUT2D eigenvalue weighted by Gasteiger charge is 2.22. The smallest absolute Gasteiger partial charge is 0.226 e. The van der Waals surface area contributed by atoms with Crippen LogP contribution in [-0.4, -0.2) is 68.5 Å². The minimum atomic E-state index is 0.00563. The first-order valence-electron chi connectivity index (χ1n) is 11.4. The normalized spacial score (nSPS) is 15.2. The zero-order valence-electron chi connectivity index (χ0n) is 20.7. The van der Waals surface area contributed by atoms with Crippen molar-refractivity contribution in [2.45, 2.75) is 60.5 Å². The van der Waals surface area contributed by atoms with Gasteiger partial charge in [0.25, 0.3) is 0 Å². The van der Waals surface area contributed by atoms with Gasteiger partial charge in [-0.3, -0.25) is 19.7 Å². The van der Waals surface area contributed by atoms with Crippen LogP contribution >= 0.6 is 0 Å². The zero-order chi connectivity index (χ0) is 24.1.